The van der Waals surface area contributed by atoms with Crippen molar-refractivity contribution in [1.82, 2.24) is 4.90 Å². The van der Waals surface area contributed by atoms with Crippen LogP contribution in [0.4, 0.5) is 5.69 Å². The molecule has 172 valence electrons. The SMILES string of the molecule is COCc1ccc(C(=O)N2CCc3ccc(NC(=O)CCc4ccccc4OC)cc3C2)o1. The van der Waals surface area contributed by atoms with Gasteiger partial charge in [0.1, 0.15) is 18.1 Å². The first-order valence-corrected chi connectivity index (χ1v) is 11.0. The Morgan fingerprint density at radius 1 is 1.06 bits per heavy atom. The molecular weight excluding hydrogens is 420 g/mol. The Kier molecular flexibility index (Phi) is 7.10. The van der Waals surface area contributed by atoms with Crippen LogP contribution in [-0.2, 0) is 35.5 Å². The molecule has 0 atom stereocenters. The van der Waals surface area contributed by atoms with Crippen LogP contribution < -0.4 is 10.1 Å². The van der Waals surface area contributed by atoms with Crippen LogP contribution in [0.3, 0.4) is 0 Å². The van der Waals surface area contributed by atoms with Crippen molar-refractivity contribution in [2.24, 2.45) is 0 Å². The largest absolute Gasteiger partial charge is 0.496 e. The highest BCUT2D eigenvalue weighted by atomic mass is 16.5. The Balaban J connectivity index is 1.37. The van der Waals surface area contributed by atoms with Gasteiger partial charge >= 0.3 is 0 Å². The molecule has 0 aliphatic carbocycles. The first kappa shape index (κ1) is 22.6. The molecule has 3 aromatic rings. The number of para-hydroxylation sites is 1. The Bertz CT molecular complexity index is 1140. The number of nitrogens with one attached hydrogen (secondary N) is 1. The molecular formula is C26H28N2O5. The van der Waals surface area contributed by atoms with Gasteiger partial charge in [-0.05, 0) is 59.9 Å². The maximum atomic E-state index is 12.9. The second-order valence-electron chi connectivity index (χ2n) is 8.02. The summed E-state index contributed by atoms with van der Waals surface area (Å²) in [5.74, 6) is 1.51. The van der Waals surface area contributed by atoms with Gasteiger partial charge in [0.2, 0.25) is 5.91 Å². The first-order valence-electron chi connectivity index (χ1n) is 11.0. The van der Waals surface area contributed by atoms with Crippen molar-refractivity contribution in [2.75, 3.05) is 26.1 Å². The van der Waals surface area contributed by atoms with E-state index in [1.807, 2.05) is 42.5 Å². The molecule has 2 amide bonds. The second kappa shape index (κ2) is 10.4. The van der Waals surface area contributed by atoms with Gasteiger partial charge in [-0.15, -0.1) is 0 Å². The molecule has 33 heavy (non-hydrogen) atoms. The average Bonchev–Trinajstić information content (AvgIpc) is 3.31. The third-order valence-corrected chi connectivity index (χ3v) is 5.76. The lowest BCUT2D eigenvalue weighted by molar-refractivity contribution is -0.116. The molecule has 0 radical (unpaired) electrons. The van der Waals surface area contributed by atoms with Gasteiger partial charge in [-0.2, -0.15) is 0 Å². The monoisotopic (exact) mass is 448 g/mol. The Morgan fingerprint density at radius 3 is 2.73 bits per heavy atom. The van der Waals surface area contributed by atoms with Crippen LogP contribution in [-0.4, -0.2) is 37.5 Å². The number of amides is 2. The molecule has 0 unspecified atom stereocenters. The van der Waals surface area contributed by atoms with Crippen LogP contribution in [0.5, 0.6) is 5.75 Å². The molecule has 0 saturated carbocycles. The highest BCUT2D eigenvalue weighted by Gasteiger charge is 2.24. The number of benzene rings is 2. The molecule has 0 fully saturated rings. The highest BCUT2D eigenvalue weighted by molar-refractivity contribution is 5.92. The topological polar surface area (TPSA) is 81.0 Å². The molecule has 2 heterocycles. The minimum absolute atomic E-state index is 0.0640. The predicted octanol–water partition coefficient (Wildman–Crippen LogP) is 4.20. The molecule has 1 N–H and O–H groups in total. The van der Waals surface area contributed by atoms with E-state index in [1.54, 1.807) is 31.3 Å². The molecule has 7 nitrogen and oxygen atoms in total. The Hall–Kier alpha value is -3.58. The van der Waals surface area contributed by atoms with E-state index in [0.29, 0.717) is 44.1 Å². The molecule has 0 bridgehead atoms. The third-order valence-electron chi connectivity index (χ3n) is 5.76. The van der Waals surface area contributed by atoms with E-state index in [1.165, 1.54) is 5.56 Å². The quantitative estimate of drug-likeness (QED) is 0.559. The zero-order chi connectivity index (χ0) is 23.2. The van der Waals surface area contributed by atoms with Gasteiger partial charge in [-0.3, -0.25) is 9.59 Å². The zero-order valence-corrected chi connectivity index (χ0v) is 18.9. The summed E-state index contributed by atoms with van der Waals surface area (Å²) in [4.78, 5) is 27.2. The molecule has 1 aliphatic rings. The van der Waals surface area contributed by atoms with Crippen LogP contribution in [0, 0.1) is 0 Å². The Morgan fingerprint density at radius 2 is 1.91 bits per heavy atom. The van der Waals surface area contributed by atoms with Crippen LogP contribution in [0.15, 0.2) is 59.0 Å². The van der Waals surface area contributed by atoms with Crippen LogP contribution in [0.1, 0.15) is 39.4 Å². The van der Waals surface area contributed by atoms with Gasteiger partial charge in [-0.25, -0.2) is 0 Å². The number of hydrogen-bond donors (Lipinski definition) is 1. The molecule has 0 saturated heterocycles. The van der Waals surface area contributed by atoms with E-state index in [2.05, 4.69) is 5.32 Å². The molecule has 4 rings (SSSR count). The first-order chi connectivity index (χ1) is 16.1. The minimum Gasteiger partial charge on any atom is -0.496 e. The number of anilines is 1. The number of nitrogens with zero attached hydrogens (tertiary/aromatic N) is 1. The Labute approximate surface area is 193 Å². The average molecular weight is 449 g/mol. The van der Waals surface area contributed by atoms with E-state index in [-0.39, 0.29) is 11.8 Å². The van der Waals surface area contributed by atoms with Crippen molar-refractivity contribution in [3.63, 3.8) is 0 Å². The van der Waals surface area contributed by atoms with E-state index >= 15 is 0 Å². The van der Waals surface area contributed by atoms with Gasteiger partial charge in [-0.1, -0.05) is 24.3 Å². The second-order valence-corrected chi connectivity index (χ2v) is 8.02. The standard InChI is InChI=1S/C26H28N2O5/c1-31-17-22-10-11-24(33-22)26(30)28-14-13-18-7-9-21(15-20(18)16-28)27-25(29)12-8-19-5-3-4-6-23(19)32-2/h3-7,9-11,15H,8,12-14,16-17H2,1-2H3,(H,27,29). The van der Waals surface area contributed by atoms with Gasteiger partial charge < -0.3 is 24.1 Å². The summed E-state index contributed by atoms with van der Waals surface area (Å²) in [7, 11) is 3.21. The lowest BCUT2D eigenvalue weighted by Crippen LogP contribution is -2.35. The van der Waals surface area contributed by atoms with Crippen molar-refractivity contribution >= 4 is 17.5 Å². The number of fused-ring (bicyclic) bond motifs is 1. The fourth-order valence-corrected chi connectivity index (χ4v) is 4.06. The summed E-state index contributed by atoms with van der Waals surface area (Å²) in [6, 6.07) is 17.0. The van der Waals surface area contributed by atoms with E-state index < -0.39 is 0 Å². The lowest BCUT2D eigenvalue weighted by Gasteiger charge is -2.28. The van der Waals surface area contributed by atoms with Crippen LogP contribution in [0.2, 0.25) is 0 Å². The van der Waals surface area contributed by atoms with Gasteiger partial charge in [0.05, 0.1) is 7.11 Å². The smallest absolute Gasteiger partial charge is 0.289 e. The summed E-state index contributed by atoms with van der Waals surface area (Å²) in [5.41, 5.74) is 3.95. The fourth-order valence-electron chi connectivity index (χ4n) is 4.06. The zero-order valence-electron chi connectivity index (χ0n) is 18.9. The molecule has 7 heteroatoms. The number of carbonyl (C=O) groups excluding carboxylic acids is 2. The van der Waals surface area contributed by atoms with Gasteiger partial charge in [0.15, 0.2) is 5.76 Å². The lowest BCUT2D eigenvalue weighted by atomic mass is 9.98. The van der Waals surface area contributed by atoms with Gasteiger partial charge in [0.25, 0.3) is 5.91 Å². The molecule has 1 aliphatic heterocycles. The van der Waals surface area contributed by atoms with E-state index in [0.717, 1.165) is 29.0 Å². The summed E-state index contributed by atoms with van der Waals surface area (Å²) in [6.07, 6.45) is 1.70. The number of ether oxygens (including phenoxy) is 2. The number of rotatable bonds is 8. The number of carbonyl (C=O) groups is 2. The molecule has 2 aromatic carbocycles. The summed E-state index contributed by atoms with van der Waals surface area (Å²) in [5, 5.41) is 2.98. The molecule has 0 spiro atoms. The number of hydrogen-bond acceptors (Lipinski definition) is 5. The van der Waals surface area contributed by atoms with E-state index in [9.17, 15) is 9.59 Å². The highest BCUT2D eigenvalue weighted by Crippen LogP contribution is 2.25. The van der Waals surface area contributed by atoms with Crippen molar-refractivity contribution in [2.45, 2.75) is 32.4 Å². The van der Waals surface area contributed by atoms with E-state index in [4.69, 9.17) is 13.9 Å². The van der Waals surface area contributed by atoms with Crippen molar-refractivity contribution in [3.05, 3.63) is 82.8 Å². The predicted molar refractivity (Wildman–Crippen MR) is 124 cm³/mol. The van der Waals surface area contributed by atoms with Crippen molar-refractivity contribution < 1.29 is 23.5 Å². The van der Waals surface area contributed by atoms with Crippen LogP contribution in [0.25, 0.3) is 0 Å². The molecule has 1 aromatic heterocycles. The summed E-state index contributed by atoms with van der Waals surface area (Å²) >= 11 is 0. The normalized spacial score (nSPS) is 12.8. The minimum atomic E-state index is -0.144. The third kappa shape index (κ3) is 5.43. The van der Waals surface area contributed by atoms with Crippen molar-refractivity contribution in [1.29, 1.82) is 0 Å². The summed E-state index contributed by atoms with van der Waals surface area (Å²) < 4.78 is 16.0. The van der Waals surface area contributed by atoms with Crippen molar-refractivity contribution in [3.8, 4) is 5.75 Å². The van der Waals surface area contributed by atoms with Crippen LogP contribution >= 0.6 is 0 Å². The summed E-state index contributed by atoms with van der Waals surface area (Å²) in [6.45, 7) is 1.42. The number of furan rings is 1. The number of aryl methyl sites for hydroxylation is 1. The van der Waals surface area contributed by atoms with Gasteiger partial charge in [0, 0.05) is 32.3 Å². The maximum absolute atomic E-state index is 12.9. The number of methoxy groups -OCH3 is 2. The maximum Gasteiger partial charge on any atom is 0.289 e. The fraction of sp³-hybridized carbons (Fsp3) is 0.308.